The molecule has 6 heteroatoms. The molecule has 0 bridgehead atoms. The van der Waals surface area contributed by atoms with Gasteiger partial charge in [-0.15, -0.1) is 83.9 Å². The monoisotopic (exact) mass is 875 g/mol. The molecule has 0 saturated heterocycles. The van der Waals surface area contributed by atoms with Crippen molar-refractivity contribution in [2.75, 3.05) is 0 Å². The summed E-state index contributed by atoms with van der Waals surface area (Å²) in [6, 6.07) is 70.2. The third kappa shape index (κ3) is 10.5. The van der Waals surface area contributed by atoms with Gasteiger partial charge in [-0.1, -0.05) is 96.6 Å². The Morgan fingerprint density at radius 3 is 1.35 bits per heavy atom. The van der Waals surface area contributed by atoms with Gasteiger partial charge in [-0.25, -0.2) is 0 Å². The molecule has 2 heterocycles. The quantitative estimate of drug-likeness (QED) is 0.123. The van der Waals surface area contributed by atoms with Crippen LogP contribution in [0.5, 0.6) is 0 Å². The first-order valence-corrected chi connectivity index (χ1v) is 17.9. The minimum absolute atomic E-state index is 0. The summed E-state index contributed by atoms with van der Waals surface area (Å²) in [5.74, 6) is -1.29. The van der Waals surface area contributed by atoms with Crippen LogP contribution >= 0.6 is 7.92 Å². The predicted octanol–water partition coefficient (Wildman–Crippen LogP) is 10.0. The summed E-state index contributed by atoms with van der Waals surface area (Å²) in [6.45, 7) is 0. The van der Waals surface area contributed by atoms with E-state index in [0.717, 1.165) is 34.6 Å². The Balaban J connectivity index is 0.000000151. The van der Waals surface area contributed by atoms with Gasteiger partial charge in [-0.05, 0) is 59.5 Å². The average molecular weight is 875 g/mol. The van der Waals surface area contributed by atoms with Crippen molar-refractivity contribution < 1.29 is 28.9 Å². The van der Waals surface area contributed by atoms with Crippen LogP contribution < -0.4 is 15.9 Å². The molecule has 0 fully saturated rings. The van der Waals surface area contributed by atoms with E-state index in [1.807, 2.05) is 66.7 Å². The maximum absolute atomic E-state index is 13.2. The minimum atomic E-state index is -0.877. The van der Waals surface area contributed by atoms with Gasteiger partial charge in [0, 0.05) is 17.8 Å². The van der Waals surface area contributed by atoms with E-state index in [4.69, 9.17) is 0 Å². The summed E-state index contributed by atoms with van der Waals surface area (Å²) in [4.78, 5) is 8.60. The second-order valence-corrected chi connectivity index (χ2v) is 13.7. The Bertz CT molecular complexity index is 2060. The van der Waals surface area contributed by atoms with Crippen LogP contribution in [0.2, 0.25) is 0 Å². The number of hydrogen-bond donors (Lipinski definition) is 0. The molecule has 6 aromatic carbocycles. The van der Waals surface area contributed by atoms with Gasteiger partial charge in [-0.2, -0.15) is 0 Å². The Morgan fingerprint density at radius 2 is 0.923 bits per heavy atom. The molecule has 8 rings (SSSR count). The van der Waals surface area contributed by atoms with E-state index in [-0.39, 0.29) is 25.7 Å². The van der Waals surface area contributed by atoms with Crippen molar-refractivity contribution in [3.05, 3.63) is 224 Å². The van der Waals surface area contributed by atoms with E-state index < -0.39 is 19.6 Å². The summed E-state index contributed by atoms with van der Waals surface area (Å²) in [5, 5.41) is 4.31. The number of halogens is 2. The summed E-state index contributed by atoms with van der Waals surface area (Å²) < 4.78 is 25.8. The Labute approximate surface area is 319 Å². The Kier molecular flexibility index (Phi) is 14.4. The van der Waals surface area contributed by atoms with E-state index in [0.29, 0.717) is 5.69 Å². The predicted molar refractivity (Wildman–Crippen MR) is 208 cm³/mol. The third-order valence-electron chi connectivity index (χ3n) is 7.69. The molecular formula is C46H33F2IrN2P+. The standard InChI is InChI=1S/C18H15P.C17H11N.C11H6F2N.Ir/c1-4-10-16(11-5-1)19(17-12-6-2-7-13-17)18-14-8-3-9-15-18;1-3-8-14(9-4-1)16-12-7-13-17(18-16)15-10-5-2-6-11-15;12-8-4-5-9(10(13)7-8)11-3-1-2-6-14-11;/h1-15H;1-8,10,12-13H;1-4,6-7H;/q;-2;-1;+3/p+1. The molecule has 0 amide bonds. The number of rotatable bonds is 6. The van der Waals surface area contributed by atoms with E-state index in [9.17, 15) is 8.78 Å². The molecule has 2 aromatic heterocycles. The summed E-state index contributed by atoms with van der Waals surface area (Å²) >= 11 is 0. The zero-order valence-electron chi connectivity index (χ0n) is 28.0. The van der Waals surface area contributed by atoms with Gasteiger partial charge in [0.05, 0.1) is 7.92 Å². The van der Waals surface area contributed by atoms with E-state index >= 15 is 0 Å². The van der Waals surface area contributed by atoms with Crippen LogP contribution in [0.25, 0.3) is 33.8 Å². The molecule has 254 valence electrons. The molecule has 2 nitrogen and oxygen atoms in total. The molecule has 0 atom stereocenters. The summed E-state index contributed by atoms with van der Waals surface area (Å²) in [7, 11) is -0.877. The largest absolute Gasteiger partial charge is 3.00 e. The minimum Gasteiger partial charge on any atom is -0.345 e. The smallest absolute Gasteiger partial charge is 0.345 e. The van der Waals surface area contributed by atoms with Crippen molar-refractivity contribution in [3.63, 3.8) is 0 Å². The molecule has 8 aromatic rings. The molecule has 0 spiro atoms. The summed E-state index contributed by atoms with van der Waals surface area (Å²) in [5.41, 5.74) is 4.53. The van der Waals surface area contributed by atoms with Crippen LogP contribution in [0.3, 0.4) is 0 Å². The summed E-state index contributed by atoms with van der Waals surface area (Å²) in [6.07, 6.45) is 1.55. The maximum atomic E-state index is 13.2. The van der Waals surface area contributed by atoms with E-state index in [1.54, 1.807) is 24.4 Å². The molecule has 0 saturated carbocycles. The fourth-order valence-electron chi connectivity index (χ4n) is 5.31. The first-order chi connectivity index (χ1) is 25.2. The van der Waals surface area contributed by atoms with E-state index in [1.165, 1.54) is 15.9 Å². The van der Waals surface area contributed by atoms with Crippen molar-refractivity contribution in [2.45, 2.75) is 0 Å². The van der Waals surface area contributed by atoms with Gasteiger partial charge in [0.2, 0.25) is 0 Å². The van der Waals surface area contributed by atoms with Crippen LogP contribution in [-0.4, -0.2) is 9.97 Å². The van der Waals surface area contributed by atoms with E-state index in [2.05, 4.69) is 119 Å². The van der Waals surface area contributed by atoms with Gasteiger partial charge in [0.15, 0.2) is 0 Å². The number of nitrogens with zero attached hydrogens (tertiary/aromatic N) is 2. The van der Waals surface area contributed by atoms with Gasteiger partial charge in [-0.3, -0.25) is 8.78 Å². The van der Waals surface area contributed by atoms with Gasteiger partial charge < -0.3 is 9.97 Å². The second-order valence-electron chi connectivity index (χ2n) is 11.2. The van der Waals surface area contributed by atoms with Crippen LogP contribution in [0.1, 0.15) is 0 Å². The van der Waals surface area contributed by atoms with Gasteiger partial charge in [0.25, 0.3) is 0 Å². The van der Waals surface area contributed by atoms with Crippen molar-refractivity contribution in [1.29, 1.82) is 0 Å². The molecule has 0 N–H and O–H groups in total. The fourth-order valence-corrected chi connectivity index (χ4v) is 7.88. The number of pyridine rings is 2. The molecule has 0 aliphatic heterocycles. The van der Waals surface area contributed by atoms with Gasteiger partial charge in [0.1, 0.15) is 15.9 Å². The Morgan fingerprint density at radius 1 is 0.462 bits per heavy atom. The molecule has 0 radical (unpaired) electrons. The Hall–Kier alpha value is -5.44. The van der Waals surface area contributed by atoms with Crippen molar-refractivity contribution in [2.24, 2.45) is 0 Å². The van der Waals surface area contributed by atoms with Crippen LogP contribution in [0, 0.1) is 29.8 Å². The van der Waals surface area contributed by atoms with Crippen LogP contribution in [-0.2, 0) is 20.1 Å². The average Bonchev–Trinajstić information content (AvgIpc) is 3.21. The molecule has 0 aliphatic rings. The molecule has 0 unspecified atom stereocenters. The van der Waals surface area contributed by atoms with Crippen molar-refractivity contribution in [3.8, 4) is 33.8 Å². The van der Waals surface area contributed by atoms with Crippen LogP contribution in [0.4, 0.5) is 8.78 Å². The maximum Gasteiger partial charge on any atom is 3.00 e. The first kappa shape index (κ1) is 37.8. The van der Waals surface area contributed by atoms with Crippen LogP contribution in [0.15, 0.2) is 194 Å². The second kappa shape index (κ2) is 19.8. The molecule has 0 aliphatic carbocycles. The first-order valence-electron chi connectivity index (χ1n) is 16.4. The number of aromatic nitrogens is 2. The fraction of sp³-hybridized carbons (Fsp3) is 0. The SMILES string of the molecule is Fc1c[c-]c(-c2ccccn2)c(F)c1.[Ir+3].[c-]1ccccc1-c1cccc(-c2[c-]cccc2)n1.c1ccc([PH+](c2ccccc2)c2ccccc2)cc1. The van der Waals surface area contributed by atoms with Gasteiger partial charge >= 0.3 is 20.1 Å². The zero-order chi connectivity index (χ0) is 35.1. The topological polar surface area (TPSA) is 25.8 Å². The number of benzene rings is 6. The molecular weight excluding hydrogens is 842 g/mol. The van der Waals surface area contributed by atoms with Crippen molar-refractivity contribution >= 4 is 23.8 Å². The number of hydrogen-bond acceptors (Lipinski definition) is 2. The molecule has 52 heavy (non-hydrogen) atoms. The van der Waals surface area contributed by atoms with Crippen molar-refractivity contribution in [1.82, 2.24) is 9.97 Å². The zero-order valence-corrected chi connectivity index (χ0v) is 31.4. The normalized spacial score (nSPS) is 10.1. The third-order valence-corrected chi connectivity index (χ3v) is 10.4.